The fourth-order valence-electron chi connectivity index (χ4n) is 2.42. The van der Waals surface area contributed by atoms with E-state index in [2.05, 4.69) is 10.1 Å². The molecule has 0 aliphatic heterocycles. The minimum absolute atomic E-state index is 0.108. The largest absolute Gasteiger partial charge is 0.493 e. The van der Waals surface area contributed by atoms with Crippen molar-refractivity contribution < 1.29 is 23.0 Å². The minimum atomic E-state index is -2.99. The van der Waals surface area contributed by atoms with E-state index in [0.717, 1.165) is 5.69 Å². The molecule has 0 radical (unpaired) electrons. The Balaban J connectivity index is 1.92. The van der Waals surface area contributed by atoms with Gasteiger partial charge in [-0.25, -0.2) is 0 Å². The molecule has 0 spiro atoms. The van der Waals surface area contributed by atoms with Crippen molar-refractivity contribution in [3.63, 3.8) is 0 Å². The first-order valence-corrected chi connectivity index (χ1v) is 8.35. The highest BCUT2D eigenvalue weighted by Crippen LogP contribution is 2.33. The molecule has 144 valence electrons. The number of carbonyl (C=O) groups excluding carboxylic acids is 1. The Morgan fingerprint density at radius 3 is 2.59 bits per heavy atom. The van der Waals surface area contributed by atoms with Crippen molar-refractivity contribution in [2.75, 3.05) is 32.1 Å². The topological polar surface area (TPSA) is 50.8 Å². The van der Waals surface area contributed by atoms with Crippen molar-refractivity contribution in [3.05, 3.63) is 60.2 Å². The summed E-state index contributed by atoms with van der Waals surface area (Å²) < 4.78 is 34.8. The van der Waals surface area contributed by atoms with Crippen LogP contribution >= 0.6 is 0 Å². The second kappa shape index (κ2) is 10.2. The number of likely N-dealkylation sites (N-methyl/N-ethyl adjacent to an activating group) is 1. The highest BCUT2D eigenvalue weighted by molar-refractivity contribution is 5.92. The van der Waals surface area contributed by atoms with Crippen LogP contribution in [0.3, 0.4) is 0 Å². The standard InChI is InChI=1S/C20H22F2N2O3/c1-24(16-8-4-3-5-9-16)14-13-23-18(25)12-11-15-7-6-10-17(26-2)19(15)27-20(21)22/h3-12,20H,13-14H2,1-2H3,(H,23,25)/b12-11+. The van der Waals surface area contributed by atoms with Crippen LogP contribution in [0, 0.1) is 0 Å². The number of alkyl halides is 2. The van der Waals surface area contributed by atoms with E-state index in [1.807, 2.05) is 42.3 Å². The van der Waals surface area contributed by atoms with E-state index in [1.165, 1.54) is 25.3 Å². The Labute approximate surface area is 157 Å². The van der Waals surface area contributed by atoms with Crippen molar-refractivity contribution in [2.24, 2.45) is 0 Å². The lowest BCUT2D eigenvalue weighted by molar-refractivity contribution is -0.116. The molecule has 0 fully saturated rings. The summed E-state index contributed by atoms with van der Waals surface area (Å²) in [6, 6.07) is 14.5. The average Bonchev–Trinajstić information content (AvgIpc) is 2.67. The minimum Gasteiger partial charge on any atom is -0.493 e. The fraction of sp³-hybridized carbons (Fsp3) is 0.250. The van der Waals surface area contributed by atoms with Crippen molar-refractivity contribution >= 4 is 17.7 Å². The molecule has 0 aliphatic carbocycles. The van der Waals surface area contributed by atoms with E-state index in [4.69, 9.17) is 4.74 Å². The maximum atomic E-state index is 12.6. The summed E-state index contributed by atoms with van der Waals surface area (Å²) in [4.78, 5) is 14.0. The van der Waals surface area contributed by atoms with Gasteiger partial charge in [-0.2, -0.15) is 8.78 Å². The van der Waals surface area contributed by atoms with Gasteiger partial charge in [-0.3, -0.25) is 4.79 Å². The second-order valence-electron chi connectivity index (χ2n) is 5.64. The van der Waals surface area contributed by atoms with Gasteiger partial charge in [0.1, 0.15) is 0 Å². The first kappa shape index (κ1) is 20.2. The molecule has 27 heavy (non-hydrogen) atoms. The number of ether oxygens (including phenoxy) is 2. The quantitative estimate of drug-likeness (QED) is 0.680. The molecule has 0 saturated carbocycles. The molecule has 7 heteroatoms. The SMILES string of the molecule is COc1cccc(/C=C/C(=O)NCCN(C)c2ccccc2)c1OC(F)F. The summed E-state index contributed by atoms with van der Waals surface area (Å²) in [5, 5.41) is 2.75. The van der Waals surface area contributed by atoms with Gasteiger partial charge in [0.05, 0.1) is 7.11 Å². The molecule has 0 aliphatic rings. The molecule has 0 aromatic heterocycles. The Hall–Kier alpha value is -3.09. The highest BCUT2D eigenvalue weighted by atomic mass is 19.3. The van der Waals surface area contributed by atoms with Gasteiger partial charge in [0.15, 0.2) is 11.5 Å². The molecular formula is C20H22F2N2O3. The number of hydrogen-bond donors (Lipinski definition) is 1. The van der Waals surface area contributed by atoms with Gasteiger partial charge in [-0.05, 0) is 24.3 Å². The van der Waals surface area contributed by atoms with Gasteiger partial charge in [0, 0.05) is 37.5 Å². The third kappa shape index (κ3) is 6.29. The molecule has 0 saturated heterocycles. The summed E-state index contributed by atoms with van der Waals surface area (Å²) in [7, 11) is 3.29. The molecular weight excluding hydrogens is 354 g/mol. The smallest absolute Gasteiger partial charge is 0.387 e. The predicted octanol–water partition coefficient (Wildman–Crippen LogP) is 3.56. The molecule has 0 unspecified atom stereocenters. The molecule has 2 aromatic rings. The number of hydrogen-bond acceptors (Lipinski definition) is 4. The van der Waals surface area contributed by atoms with E-state index in [0.29, 0.717) is 18.7 Å². The number of benzene rings is 2. The summed E-state index contributed by atoms with van der Waals surface area (Å²) in [5.41, 5.74) is 1.37. The van der Waals surface area contributed by atoms with Gasteiger partial charge in [0.25, 0.3) is 0 Å². The first-order valence-electron chi connectivity index (χ1n) is 8.35. The van der Waals surface area contributed by atoms with E-state index in [9.17, 15) is 13.6 Å². The summed E-state index contributed by atoms with van der Waals surface area (Å²) in [6.45, 7) is -1.92. The van der Waals surface area contributed by atoms with Crippen LogP contribution < -0.4 is 19.7 Å². The normalized spacial score (nSPS) is 10.9. The highest BCUT2D eigenvalue weighted by Gasteiger charge is 2.14. The Bertz CT molecular complexity index is 767. The van der Waals surface area contributed by atoms with Crippen LogP contribution in [0.4, 0.5) is 14.5 Å². The zero-order valence-electron chi connectivity index (χ0n) is 15.2. The summed E-state index contributed by atoms with van der Waals surface area (Å²) in [6.07, 6.45) is 2.69. The maximum Gasteiger partial charge on any atom is 0.387 e. The number of amides is 1. The van der Waals surface area contributed by atoms with Gasteiger partial charge < -0.3 is 19.7 Å². The van der Waals surface area contributed by atoms with Crippen molar-refractivity contribution in [3.8, 4) is 11.5 Å². The van der Waals surface area contributed by atoms with Crippen molar-refractivity contribution in [1.29, 1.82) is 0 Å². The number of anilines is 1. The molecule has 2 rings (SSSR count). The second-order valence-corrected chi connectivity index (χ2v) is 5.64. The lowest BCUT2D eigenvalue weighted by Gasteiger charge is -2.19. The van der Waals surface area contributed by atoms with Crippen LogP contribution in [0.5, 0.6) is 11.5 Å². The average molecular weight is 376 g/mol. The zero-order chi connectivity index (χ0) is 19.6. The number of carbonyl (C=O) groups is 1. The molecule has 2 aromatic carbocycles. The van der Waals surface area contributed by atoms with Crippen LogP contribution in [0.25, 0.3) is 6.08 Å². The summed E-state index contributed by atoms with van der Waals surface area (Å²) >= 11 is 0. The summed E-state index contributed by atoms with van der Waals surface area (Å²) in [5.74, 6) is -0.271. The van der Waals surface area contributed by atoms with E-state index in [1.54, 1.807) is 12.1 Å². The van der Waals surface area contributed by atoms with Crippen LogP contribution in [0.2, 0.25) is 0 Å². The number of methoxy groups -OCH3 is 1. The molecule has 1 N–H and O–H groups in total. The lowest BCUT2D eigenvalue weighted by Crippen LogP contribution is -2.31. The number of halogens is 2. The zero-order valence-corrected chi connectivity index (χ0v) is 15.2. The van der Waals surface area contributed by atoms with Crippen LogP contribution in [-0.2, 0) is 4.79 Å². The number of rotatable bonds is 9. The number of nitrogens with one attached hydrogen (secondary N) is 1. The Kier molecular flexibility index (Phi) is 7.61. The van der Waals surface area contributed by atoms with E-state index < -0.39 is 6.61 Å². The molecule has 0 bridgehead atoms. The van der Waals surface area contributed by atoms with Crippen LogP contribution in [-0.4, -0.2) is 39.8 Å². The van der Waals surface area contributed by atoms with E-state index in [-0.39, 0.29) is 17.4 Å². The van der Waals surface area contributed by atoms with Gasteiger partial charge in [-0.15, -0.1) is 0 Å². The van der Waals surface area contributed by atoms with Crippen LogP contribution in [0.1, 0.15) is 5.56 Å². The third-order valence-electron chi connectivity index (χ3n) is 3.79. The molecule has 0 heterocycles. The van der Waals surface area contributed by atoms with Crippen LogP contribution in [0.15, 0.2) is 54.6 Å². The first-order chi connectivity index (χ1) is 13.0. The Morgan fingerprint density at radius 2 is 1.93 bits per heavy atom. The van der Waals surface area contributed by atoms with Gasteiger partial charge in [-0.1, -0.05) is 30.3 Å². The van der Waals surface area contributed by atoms with Gasteiger partial charge >= 0.3 is 6.61 Å². The maximum absolute atomic E-state index is 12.6. The van der Waals surface area contributed by atoms with Crippen molar-refractivity contribution in [1.82, 2.24) is 5.32 Å². The lowest BCUT2D eigenvalue weighted by atomic mass is 10.1. The van der Waals surface area contributed by atoms with E-state index >= 15 is 0 Å². The fourth-order valence-corrected chi connectivity index (χ4v) is 2.42. The monoisotopic (exact) mass is 376 g/mol. The molecule has 0 atom stereocenters. The Morgan fingerprint density at radius 1 is 1.19 bits per heavy atom. The third-order valence-corrected chi connectivity index (χ3v) is 3.79. The number of nitrogens with zero attached hydrogens (tertiary/aromatic N) is 1. The number of para-hydroxylation sites is 2. The van der Waals surface area contributed by atoms with Gasteiger partial charge in [0.2, 0.25) is 5.91 Å². The van der Waals surface area contributed by atoms with Crippen molar-refractivity contribution in [2.45, 2.75) is 6.61 Å². The molecule has 1 amide bonds. The predicted molar refractivity (Wildman–Crippen MR) is 101 cm³/mol. The molecule has 5 nitrogen and oxygen atoms in total.